The van der Waals surface area contributed by atoms with Crippen molar-refractivity contribution in [3.05, 3.63) is 35.9 Å². The van der Waals surface area contributed by atoms with E-state index in [0.717, 1.165) is 18.4 Å². The zero-order valence-corrected chi connectivity index (χ0v) is 15.8. The van der Waals surface area contributed by atoms with Gasteiger partial charge >= 0.3 is 5.97 Å². The molecule has 0 bridgehead atoms. The molecule has 1 atom stereocenters. The van der Waals surface area contributed by atoms with Gasteiger partial charge in [-0.15, -0.1) is 0 Å². The van der Waals surface area contributed by atoms with Gasteiger partial charge in [0.15, 0.2) is 0 Å². The average Bonchev–Trinajstić information content (AvgIpc) is 2.68. The molecule has 0 radical (unpaired) electrons. The minimum atomic E-state index is -1.16. The van der Waals surface area contributed by atoms with Crippen molar-refractivity contribution in [2.24, 2.45) is 5.73 Å². The summed E-state index contributed by atoms with van der Waals surface area (Å²) in [6.07, 6.45) is 2.85. The zero-order valence-electron chi connectivity index (χ0n) is 15.8. The van der Waals surface area contributed by atoms with E-state index in [2.05, 4.69) is 16.0 Å². The molecular weight excluding hydrogens is 364 g/mol. The Morgan fingerprint density at radius 3 is 2.18 bits per heavy atom. The van der Waals surface area contributed by atoms with Gasteiger partial charge in [0.2, 0.25) is 17.7 Å². The molecule has 28 heavy (non-hydrogen) atoms. The fourth-order valence-electron chi connectivity index (χ4n) is 2.41. The van der Waals surface area contributed by atoms with E-state index in [1.807, 2.05) is 6.07 Å². The number of benzene rings is 1. The monoisotopic (exact) mass is 392 g/mol. The molecule has 154 valence electrons. The van der Waals surface area contributed by atoms with Crippen molar-refractivity contribution >= 4 is 23.7 Å². The van der Waals surface area contributed by atoms with Gasteiger partial charge in [0, 0.05) is 12.8 Å². The minimum absolute atomic E-state index is 0.135. The predicted octanol–water partition coefficient (Wildman–Crippen LogP) is -0.450. The number of hydrogen-bond acceptors (Lipinski definition) is 5. The Labute approximate surface area is 164 Å². The Kier molecular flexibility index (Phi) is 10.9. The van der Waals surface area contributed by atoms with Gasteiger partial charge in [0.25, 0.3) is 0 Å². The van der Waals surface area contributed by atoms with Gasteiger partial charge in [-0.05, 0) is 24.9 Å². The van der Waals surface area contributed by atoms with Crippen LogP contribution in [0.1, 0.15) is 31.2 Å². The molecule has 0 saturated heterocycles. The van der Waals surface area contributed by atoms with Crippen molar-refractivity contribution in [1.29, 1.82) is 0 Å². The maximum atomic E-state index is 11.9. The Bertz CT molecular complexity index is 651. The van der Waals surface area contributed by atoms with Gasteiger partial charge in [0.1, 0.15) is 6.04 Å². The molecule has 0 aliphatic heterocycles. The highest BCUT2D eigenvalue weighted by Crippen LogP contribution is 2.03. The van der Waals surface area contributed by atoms with E-state index in [0.29, 0.717) is 19.4 Å². The molecule has 0 saturated carbocycles. The molecule has 1 unspecified atom stereocenters. The van der Waals surface area contributed by atoms with Crippen LogP contribution < -0.4 is 21.7 Å². The largest absolute Gasteiger partial charge is 0.480 e. The predicted molar refractivity (Wildman–Crippen MR) is 103 cm³/mol. The maximum absolute atomic E-state index is 11.9. The van der Waals surface area contributed by atoms with Crippen LogP contribution in [0.3, 0.4) is 0 Å². The fraction of sp³-hybridized carbons (Fsp3) is 0.474. The van der Waals surface area contributed by atoms with Crippen LogP contribution in [0.2, 0.25) is 0 Å². The number of carboxylic acids is 1. The number of nitrogens with two attached hydrogens (primary N) is 1. The second kappa shape index (κ2) is 13.3. The molecule has 9 heteroatoms. The molecular formula is C19H28N4O5. The highest BCUT2D eigenvalue weighted by Gasteiger charge is 2.20. The molecule has 0 aliphatic rings. The molecule has 3 amide bonds. The summed E-state index contributed by atoms with van der Waals surface area (Å²) < 4.78 is 0. The first-order valence-electron chi connectivity index (χ1n) is 9.22. The second-order valence-electron chi connectivity index (χ2n) is 6.30. The highest BCUT2D eigenvalue weighted by molar-refractivity contribution is 5.89. The Morgan fingerprint density at radius 1 is 0.893 bits per heavy atom. The summed E-state index contributed by atoms with van der Waals surface area (Å²) in [6, 6.07) is 7.81. The molecule has 0 fully saturated rings. The quantitative estimate of drug-likeness (QED) is 0.287. The van der Waals surface area contributed by atoms with Gasteiger partial charge in [-0.2, -0.15) is 0 Å². The minimum Gasteiger partial charge on any atom is -0.480 e. The summed E-state index contributed by atoms with van der Waals surface area (Å²) in [6.45, 7) is -0.0284. The molecule has 0 aliphatic carbocycles. The number of carbonyl (C=O) groups is 4. The number of amides is 3. The van der Waals surface area contributed by atoms with E-state index >= 15 is 0 Å². The third-order valence-electron chi connectivity index (χ3n) is 3.92. The SMILES string of the molecule is NCCCCCC(=O)NCC(=O)NCC(=O)NC(Cc1ccccc1)C(=O)O. The van der Waals surface area contributed by atoms with E-state index in [1.54, 1.807) is 24.3 Å². The summed E-state index contributed by atoms with van der Waals surface area (Å²) >= 11 is 0. The molecule has 1 aromatic rings. The van der Waals surface area contributed by atoms with E-state index in [1.165, 1.54) is 0 Å². The summed E-state index contributed by atoms with van der Waals surface area (Å²) in [4.78, 5) is 46.5. The standard InChI is InChI=1S/C19H28N4O5/c20-10-6-2-5-9-16(24)21-12-17(25)22-13-18(26)23-15(19(27)28)11-14-7-3-1-4-8-14/h1,3-4,7-8,15H,2,5-6,9-13,20H2,(H,21,24)(H,22,25)(H,23,26)(H,27,28). The Hall–Kier alpha value is -2.94. The number of nitrogens with one attached hydrogen (secondary N) is 3. The summed E-state index contributed by atoms with van der Waals surface area (Å²) in [5, 5.41) is 16.4. The molecule has 9 nitrogen and oxygen atoms in total. The normalized spacial score (nSPS) is 11.3. The van der Waals surface area contributed by atoms with E-state index in [-0.39, 0.29) is 25.4 Å². The molecule has 0 aromatic heterocycles. The average molecular weight is 392 g/mol. The van der Waals surface area contributed by atoms with Crippen molar-refractivity contribution in [1.82, 2.24) is 16.0 Å². The maximum Gasteiger partial charge on any atom is 0.326 e. The van der Waals surface area contributed by atoms with Gasteiger partial charge in [-0.1, -0.05) is 36.8 Å². The van der Waals surface area contributed by atoms with Crippen LogP contribution in [0, 0.1) is 0 Å². The third-order valence-corrected chi connectivity index (χ3v) is 3.92. The lowest BCUT2D eigenvalue weighted by molar-refractivity contribution is -0.141. The van der Waals surface area contributed by atoms with Crippen molar-refractivity contribution < 1.29 is 24.3 Å². The third kappa shape index (κ3) is 10.3. The topological polar surface area (TPSA) is 151 Å². The van der Waals surface area contributed by atoms with Crippen LogP contribution in [-0.4, -0.2) is 54.5 Å². The molecule has 1 aromatic carbocycles. The van der Waals surface area contributed by atoms with Crippen molar-refractivity contribution in [2.45, 2.75) is 38.1 Å². The Balaban J connectivity index is 2.28. The molecule has 0 heterocycles. The first-order valence-corrected chi connectivity index (χ1v) is 9.22. The lowest BCUT2D eigenvalue weighted by atomic mass is 10.1. The van der Waals surface area contributed by atoms with E-state index in [4.69, 9.17) is 5.73 Å². The van der Waals surface area contributed by atoms with Crippen LogP contribution in [0.4, 0.5) is 0 Å². The lowest BCUT2D eigenvalue weighted by Crippen LogP contribution is -2.47. The number of unbranched alkanes of at least 4 members (excludes halogenated alkanes) is 2. The summed E-state index contributed by atoms with van der Waals surface area (Å²) in [7, 11) is 0. The lowest BCUT2D eigenvalue weighted by Gasteiger charge is -2.15. The van der Waals surface area contributed by atoms with Gasteiger partial charge in [-0.25, -0.2) is 4.79 Å². The van der Waals surface area contributed by atoms with Crippen LogP contribution in [0.5, 0.6) is 0 Å². The smallest absolute Gasteiger partial charge is 0.326 e. The first-order chi connectivity index (χ1) is 13.4. The number of hydrogen-bond donors (Lipinski definition) is 5. The van der Waals surface area contributed by atoms with Crippen molar-refractivity contribution in [3.8, 4) is 0 Å². The van der Waals surface area contributed by atoms with Crippen molar-refractivity contribution in [2.75, 3.05) is 19.6 Å². The van der Waals surface area contributed by atoms with Gasteiger partial charge in [0.05, 0.1) is 13.1 Å². The molecule has 6 N–H and O–H groups in total. The van der Waals surface area contributed by atoms with Crippen LogP contribution in [0.25, 0.3) is 0 Å². The highest BCUT2D eigenvalue weighted by atomic mass is 16.4. The number of rotatable bonds is 13. The van der Waals surface area contributed by atoms with Crippen LogP contribution in [-0.2, 0) is 25.6 Å². The van der Waals surface area contributed by atoms with Gasteiger partial charge < -0.3 is 26.8 Å². The summed E-state index contributed by atoms with van der Waals surface area (Å²) in [5.41, 5.74) is 6.14. The van der Waals surface area contributed by atoms with Crippen LogP contribution >= 0.6 is 0 Å². The van der Waals surface area contributed by atoms with Crippen LogP contribution in [0.15, 0.2) is 30.3 Å². The number of carboxylic acid groups (broad SMARTS) is 1. The van der Waals surface area contributed by atoms with Crippen molar-refractivity contribution in [3.63, 3.8) is 0 Å². The Morgan fingerprint density at radius 2 is 1.54 bits per heavy atom. The zero-order chi connectivity index (χ0) is 20.8. The number of aliphatic carboxylic acids is 1. The molecule has 0 spiro atoms. The summed E-state index contributed by atoms with van der Waals surface area (Å²) in [5.74, 6) is -2.55. The molecule has 1 rings (SSSR count). The first kappa shape index (κ1) is 23.1. The number of carbonyl (C=O) groups excluding carboxylic acids is 3. The van der Waals surface area contributed by atoms with E-state index < -0.39 is 23.8 Å². The fourth-order valence-corrected chi connectivity index (χ4v) is 2.41. The van der Waals surface area contributed by atoms with Gasteiger partial charge in [-0.3, -0.25) is 14.4 Å². The van der Waals surface area contributed by atoms with E-state index in [9.17, 15) is 24.3 Å². The second-order valence-corrected chi connectivity index (χ2v) is 6.30.